The molecule has 0 spiro atoms. The van der Waals surface area contributed by atoms with Crippen LogP contribution in [0.2, 0.25) is 0 Å². The minimum atomic E-state index is -4.74. The number of halogens is 4. The third kappa shape index (κ3) is 4.00. The van der Waals surface area contributed by atoms with Crippen molar-refractivity contribution in [3.05, 3.63) is 81.2 Å². The number of hydrogen-bond donors (Lipinski definition) is 1. The maximum atomic E-state index is 13.7. The second-order valence-electron chi connectivity index (χ2n) is 7.65. The zero-order chi connectivity index (χ0) is 24.0. The molecule has 5 rings (SSSR count). The zero-order valence-corrected chi connectivity index (χ0v) is 18.1. The Hall–Kier alpha value is -3.80. The third-order valence-corrected chi connectivity index (χ3v) is 6.49. The topological polar surface area (TPSA) is 79.6 Å². The summed E-state index contributed by atoms with van der Waals surface area (Å²) in [6.45, 7) is 0.611. The Bertz CT molecular complexity index is 1430. The van der Waals surface area contributed by atoms with Gasteiger partial charge in [0.15, 0.2) is 5.65 Å². The number of alkyl halides is 3. The lowest BCUT2D eigenvalue weighted by Crippen LogP contribution is -2.35. The molecule has 2 amide bonds. The first kappa shape index (κ1) is 22.0. The Morgan fingerprint density at radius 1 is 1.15 bits per heavy atom. The van der Waals surface area contributed by atoms with Crippen LogP contribution in [-0.2, 0) is 19.1 Å². The van der Waals surface area contributed by atoms with Gasteiger partial charge in [-0.3, -0.25) is 9.59 Å². The molecule has 0 atom stereocenters. The standard InChI is InChI=1S/C22H15F4N5O2S/c23-13-6-12(22(24,25)26)7-14(8-13)29-20(32)17-11-34-18-10-30(5-2-15(17)18)21(33)16-9-28-31-4-1-3-27-19(16)31/h1,3-4,6-9,11H,2,5,10H2,(H,29,32). The quantitative estimate of drug-likeness (QED) is 0.433. The van der Waals surface area contributed by atoms with E-state index in [2.05, 4.69) is 15.4 Å². The number of amides is 2. The highest BCUT2D eigenvalue weighted by Crippen LogP contribution is 2.33. The van der Waals surface area contributed by atoms with Crippen molar-refractivity contribution in [2.45, 2.75) is 19.1 Å². The van der Waals surface area contributed by atoms with E-state index < -0.39 is 23.5 Å². The second-order valence-corrected chi connectivity index (χ2v) is 8.62. The molecule has 1 aliphatic rings. The second kappa shape index (κ2) is 8.20. The molecule has 0 unspecified atom stereocenters. The smallest absolute Gasteiger partial charge is 0.333 e. The molecule has 174 valence electrons. The lowest BCUT2D eigenvalue weighted by molar-refractivity contribution is -0.137. The fraction of sp³-hybridized carbons (Fsp3) is 0.182. The molecule has 0 saturated heterocycles. The predicted octanol–water partition coefficient (Wildman–Crippen LogP) is 4.40. The number of benzene rings is 1. The Balaban J connectivity index is 1.34. The van der Waals surface area contributed by atoms with Crippen LogP contribution in [-0.4, -0.2) is 37.9 Å². The number of nitrogens with zero attached hydrogens (tertiary/aromatic N) is 4. The highest BCUT2D eigenvalue weighted by Gasteiger charge is 2.32. The minimum Gasteiger partial charge on any atom is -0.333 e. The average molecular weight is 489 g/mol. The molecule has 0 saturated carbocycles. The number of thiophene rings is 1. The summed E-state index contributed by atoms with van der Waals surface area (Å²) in [5, 5.41) is 8.08. The largest absolute Gasteiger partial charge is 0.416 e. The summed E-state index contributed by atoms with van der Waals surface area (Å²) in [7, 11) is 0. The number of nitrogens with one attached hydrogen (secondary N) is 1. The highest BCUT2D eigenvalue weighted by molar-refractivity contribution is 7.10. The van der Waals surface area contributed by atoms with Crippen LogP contribution in [0.15, 0.2) is 48.2 Å². The molecule has 0 radical (unpaired) electrons. The highest BCUT2D eigenvalue weighted by atomic mass is 32.1. The van der Waals surface area contributed by atoms with E-state index in [0.717, 1.165) is 16.5 Å². The maximum absolute atomic E-state index is 13.7. The number of aromatic nitrogens is 3. The van der Waals surface area contributed by atoms with Crippen LogP contribution in [0.5, 0.6) is 0 Å². The van der Waals surface area contributed by atoms with E-state index in [9.17, 15) is 27.2 Å². The SMILES string of the molecule is O=C(Nc1cc(F)cc(C(F)(F)F)c1)c1csc2c1CCN(C(=O)c1cnn3cccnc13)C2. The fourth-order valence-electron chi connectivity index (χ4n) is 3.86. The van der Waals surface area contributed by atoms with E-state index in [1.165, 1.54) is 22.0 Å². The molecule has 7 nitrogen and oxygen atoms in total. The van der Waals surface area contributed by atoms with Crippen molar-refractivity contribution in [3.8, 4) is 0 Å². The van der Waals surface area contributed by atoms with E-state index >= 15 is 0 Å². The van der Waals surface area contributed by atoms with Crippen molar-refractivity contribution in [2.75, 3.05) is 11.9 Å². The van der Waals surface area contributed by atoms with Gasteiger partial charge in [0.05, 0.1) is 23.9 Å². The lowest BCUT2D eigenvalue weighted by atomic mass is 10.0. The van der Waals surface area contributed by atoms with Crippen molar-refractivity contribution in [1.82, 2.24) is 19.5 Å². The number of carbonyl (C=O) groups excluding carboxylic acids is 2. The van der Waals surface area contributed by atoms with E-state index in [0.29, 0.717) is 41.9 Å². The number of fused-ring (bicyclic) bond motifs is 2. The summed E-state index contributed by atoms with van der Waals surface area (Å²) in [5.41, 5.74) is 0.347. The van der Waals surface area contributed by atoms with Crippen LogP contribution >= 0.6 is 11.3 Å². The van der Waals surface area contributed by atoms with E-state index in [-0.39, 0.29) is 18.1 Å². The van der Waals surface area contributed by atoms with E-state index in [1.807, 2.05) is 0 Å². The molecule has 1 aliphatic heterocycles. The molecular formula is C22H15F4N5O2S. The first-order valence-electron chi connectivity index (χ1n) is 10.1. The van der Waals surface area contributed by atoms with E-state index in [4.69, 9.17) is 0 Å². The van der Waals surface area contributed by atoms with Crippen LogP contribution in [0.4, 0.5) is 23.2 Å². The number of carbonyl (C=O) groups is 2. The van der Waals surface area contributed by atoms with Gasteiger partial charge in [-0.05, 0) is 36.2 Å². The summed E-state index contributed by atoms with van der Waals surface area (Å²) in [5.74, 6) is -1.98. The molecule has 1 N–H and O–H groups in total. The van der Waals surface area contributed by atoms with Crippen LogP contribution < -0.4 is 5.32 Å². The van der Waals surface area contributed by atoms with Crippen molar-refractivity contribution in [2.24, 2.45) is 0 Å². The van der Waals surface area contributed by atoms with Gasteiger partial charge in [0.25, 0.3) is 11.8 Å². The summed E-state index contributed by atoms with van der Waals surface area (Å²) in [4.78, 5) is 32.4. The average Bonchev–Trinajstić information content (AvgIpc) is 3.41. The molecule has 34 heavy (non-hydrogen) atoms. The Kier molecular flexibility index (Phi) is 5.31. The molecule has 0 bridgehead atoms. The minimum absolute atomic E-state index is 0.238. The van der Waals surface area contributed by atoms with Gasteiger partial charge in [-0.15, -0.1) is 11.3 Å². The Labute approximate surface area is 193 Å². The number of anilines is 1. The van der Waals surface area contributed by atoms with Gasteiger partial charge in [-0.2, -0.15) is 18.3 Å². The van der Waals surface area contributed by atoms with Crippen LogP contribution in [0.3, 0.4) is 0 Å². The van der Waals surface area contributed by atoms with Crippen molar-refractivity contribution in [1.29, 1.82) is 0 Å². The predicted molar refractivity (Wildman–Crippen MR) is 115 cm³/mol. The number of hydrogen-bond acceptors (Lipinski definition) is 5. The molecule has 3 aromatic heterocycles. The van der Waals surface area contributed by atoms with Gasteiger partial charge in [-0.25, -0.2) is 13.9 Å². The van der Waals surface area contributed by atoms with Gasteiger partial charge in [-0.1, -0.05) is 0 Å². The maximum Gasteiger partial charge on any atom is 0.416 e. The molecule has 1 aromatic carbocycles. The van der Waals surface area contributed by atoms with Gasteiger partial charge >= 0.3 is 6.18 Å². The molecule has 0 fully saturated rings. The monoisotopic (exact) mass is 489 g/mol. The number of rotatable bonds is 3. The molecular weight excluding hydrogens is 474 g/mol. The summed E-state index contributed by atoms with van der Waals surface area (Å²) in [6.07, 6.45) is 0.366. The normalized spacial score (nSPS) is 13.7. The lowest BCUT2D eigenvalue weighted by Gasteiger charge is -2.27. The van der Waals surface area contributed by atoms with Crippen LogP contribution in [0.1, 0.15) is 36.7 Å². The van der Waals surface area contributed by atoms with E-state index in [1.54, 1.807) is 28.7 Å². The molecule has 0 aliphatic carbocycles. The van der Waals surface area contributed by atoms with Crippen molar-refractivity contribution >= 4 is 34.5 Å². The van der Waals surface area contributed by atoms with Gasteiger partial charge < -0.3 is 10.2 Å². The molecule has 4 aromatic rings. The first-order valence-corrected chi connectivity index (χ1v) is 10.9. The van der Waals surface area contributed by atoms with Crippen molar-refractivity contribution in [3.63, 3.8) is 0 Å². The summed E-state index contributed by atoms with van der Waals surface area (Å²) >= 11 is 1.28. The fourth-order valence-corrected chi connectivity index (χ4v) is 4.96. The molecule has 12 heteroatoms. The Morgan fingerprint density at radius 3 is 2.76 bits per heavy atom. The van der Waals surface area contributed by atoms with Gasteiger partial charge in [0.2, 0.25) is 0 Å². The zero-order valence-electron chi connectivity index (χ0n) is 17.3. The van der Waals surface area contributed by atoms with Crippen LogP contribution in [0.25, 0.3) is 5.65 Å². The summed E-state index contributed by atoms with van der Waals surface area (Å²) in [6, 6.07) is 3.59. The van der Waals surface area contributed by atoms with Gasteiger partial charge in [0, 0.05) is 34.9 Å². The van der Waals surface area contributed by atoms with Crippen LogP contribution in [0, 0.1) is 5.82 Å². The molecule has 4 heterocycles. The first-order chi connectivity index (χ1) is 16.2. The Morgan fingerprint density at radius 2 is 1.97 bits per heavy atom. The van der Waals surface area contributed by atoms with Gasteiger partial charge in [0.1, 0.15) is 11.4 Å². The van der Waals surface area contributed by atoms with Crippen molar-refractivity contribution < 1.29 is 27.2 Å². The third-order valence-electron chi connectivity index (χ3n) is 5.47. The summed E-state index contributed by atoms with van der Waals surface area (Å²) < 4.78 is 54.0.